The van der Waals surface area contributed by atoms with Gasteiger partial charge in [0.1, 0.15) is 18.3 Å². The molecule has 2 rings (SSSR count). The van der Waals surface area contributed by atoms with E-state index in [1.165, 1.54) is 13.1 Å². The number of rotatable bonds is 5. The van der Waals surface area contributed by atoms with Gasteiger partial charge in [-0.3, -0.25) is 14.3 Å². The molecule has 1 saturated heterocycles. The monoisotopic (exact) mass is 468 g/mol. The summed E-state index contributed by atoms with van der Waals surface area (Å²) in [5.74, 6) is 0.0935. The Morgan fingerprint density at radius 2 is 1.94 bits per heavy atom. The van der Waals surface area contributed by atoms with Crippen molar-refractivity contribution in [3.05, 3.63) is 18.0 Å². The first-order valence-corrected chi connectivity index (χ1v) is 11.8. The van der Waals surface area contributed by atoms with E-state index in [0.29, 0.717) is 57.2 Å². The largest absolute Gasteiger partial charge is 0.388 e. The molecule has 3 atom stereocenters. The van der Waals surface area contributed by atoms with E-state index >= 15 is 0 Å². The third-order valence-corrected chi connectivity index (χ3v) is 5.78. The first-order chi connectivity index (χ1) is 15.7. The van der Waals surface area contributed by atoms with Crippen molar-refractivity contribution in [1.29, 1.82) is 0 Å². The molecule has 1 aromatic rings. The quantitative estimate of drug-likeness (QED) is 0.652. The smallest absolute Gasteiger partial charge is 0.257 e. The van der Waals surface area contributed by atoms with Gasteiger partial charge in [0.05, 0.1) is 18.4 Å². The van der Waals surface area contributed by atoms with Crippen LogP contribution in [-0.2, 0) is 21.3 Å². The Hall–Kier alpha value is -2.01. The predicted octanol–water partition coefficient (Wildman–Crippen LogP) is 0.674. The van der Waals surface area contributed by atoms with Gasteiger partial charge < -0.3 is 29.5 Å². The van der Waals surface area contributed by atoms with Gasteiger partial charge in [-0.25, -0.2) is 0 Å². The van der Waals surface area contributed by atoms with Gasteiger partial charge in [-0.1, -0.05) is 13.8 Å². The fourth-order valence-corrected chi connectivity index (χ4v) is 3.64. The molecule has 10 heteroatoms. The number of aliphatic hydroxyl groups excluding tert-OH is 2. The topological polar surface area (TPSA) is 117 Å². The fraction of sp³-hybridized carbons (Fsp3) is 0.783. The molecule has 0 saturated carbocycles. The standard InChI is InChI=1S/C23H40N4O6/c1-17(2)7-12-33-21-15-27(18(3)28)10-9-26(23(31)19-13-24-25(4)14-19)8-5-6-11-32-16-20(29)22(21)30/h13-14,17,20-22,29-30H,5-12,15-16H2,1-4H3/t20-,21-,22-/m1/s1. The highest BCUT2D eigenvalue weighted by Crippen LogP contribution is 2.13. The molecule has 2 heterocycles. The summed E-state index contributed by atoms with van der Waals surface area (Å²) in [6, 6.07) is 0. The lowest BCUT2D eigenvalue weighted by molar-refractivity contribution is -0.140. The van der Waals surface area contributed by atoms with Crippen molar-refractivity contribution in [2.45, 2.75) is 58.3 Å². The Labute approximate surface area is 196 Å². The van der Waals surface area contributed by atoms with Crippen LogP contribution in [0.3, 0.4) is 0 Å². The van der Waals surface area contributed by atoms with E-state index in [9.17, 15) is 19.8 Å². The molecule has 2 amide bonds. The van der Waals surface area contributed by atoms with Crippen LogP contribution < -0.4 is 0 Å². The van der Waals surface area contributed by atoms with Gasteiger partial charge >= 0.3 is 0 Å². The predicted molar refractivity (Wildman–Crippen MR) is 123 cm³/mol. The first-order valence-electron chi connectivity index (χ1n) is 11.8. The lowest BCUT2D eigenvalue weighted by atomic mass is 10.1. The lowest BCUT2D eigenvalue weighted by Gasteiger charge is -2.33. The fourth-order valence-electron chi connectivity index (χ4n) is 3.64. The van der Waals surface area contributed by atoms with Crippen LogP contribution in [0, 0.1) is 5.92 Å². The van der Waals surface area contributed by atoms with Crippen LogP contribution in [0.5, 0.6) is 0 Å². The van der Waals surface area contributed by atoms with Gasteiger partial charge in [-0.2, -0.15) is 5.10 Å². The Kier molecular flexibility index (Phi) is 11.3. The molecule has 0 aromatic carbocycles. The molecule has 10 nitrogen and oxygen atoms in total. The number of amides is 2. The van der Waals surface area contributed by atoms with Crippen LogP contribution in [0.1, 0.15) is 50.4 Å². The number of carbonyl (C=O) groups excluding carboxylic acids is 2. The number of hydrogen-bond acceptors (Lipinski definition) is 7. The third kappa shape index (κ3) is 9.04. The maximum Gasteiger partial charge on any atom is 0.257 e. The average molecular weight is 469 g/mol. The van der Waals surface area contributed by atoms with Crippen molar-refractivity contribution >= 4 is 11.8 Å². The Morgan fingerprint density at radius 3 is 2.58 bits per heavy atom. The summed E-state index contributed by atoms with van der Waals surface area (Å²) in [6.45, 7) is 7.66. The number of aromatic nitrogens is 2. The summed E-state index contributed by atoms with van der Waals surface area (Å²) < 4.78 is 13.0. The Morgan fingerprint density at radius 1 is 1.21 bits per heavy atom. The average Bonchev–Trinajstić information content (AvgIpc) is 3.20. The number of aryl methyl sites for hydroxylation is 1. The summed E-state index contributed by atoms with van der Waals surface area (Å²) in [5.41, 5.74) is 0.498. The highest BCUT2D eigenvalue weighted by Gasteiger charge is 2.30. The molecule has 0 bridgehead atoms. The summed E-state index contributed by atoms with van der Waals surface area (Å²) in [4.78, 5) is 28.7. The van der Waals surface area contributed by atoms with Crippen LogP contribution in [0.25, 0.3) is 0 Å². The minimum atomic E-state index is -1.20. The van der Waals surface area contributed by atoms with Gasteiger partial charge in [-0.15, -0.1) is 0 Å². The zero-order valence-electron chi connectivity index (χ0n) is 20.4. The van der Waals surface area contributed by atoms with E-state index in [1.54, 1.807) is 27.7 Å². The number of nitrogens with zero attached hydrogens (tertiary/aromatic N) is 4. The Balaban J connectivity index is 2.17. The molecular weight excluding hydrogens is 428 g/mol. The Bertz CT molecular complexity index is 740. The van der Waals surface area contributed by atoms with E-state index in [-0.39, 0.29) is 25.0 Å². The molecule has 0 radical (unpaired) electrons. The van der Waals surface area contributed by atoms with Gasteiger partial charge in [0.15, 0.2) is 0 Å². The number of carbonyl (C=O) groups is 2. The minimum absolute atomic E-state index is 0.0242. The summed E-state index contributed by atoms with van der Waals surface area (Å²) >= 11 is 0. The number of ether oxygens (including phenoxy) is 2. The maximum atomic E-state index is 13.0. The second-order valence-corrected chi connectivity index (χ2v) is 9.09. The maximum absolute atomic E-state index is 13.0. The molecule has 1 fully saturated rings. The van der Waals surface area contributed by atoms with Crippen molar-refractivity contribution in [1.82, 2.24) is 19.6 Å². The molecule has 2 N–H and O–H groups in total. The summed E-state index contributed by atoms with van der Waals surface area (Å²) in [7, 11) is 1.76. The van der Waals surface area contributed by atoms with Crippen LogP contribution in [0.4, 0.5) is 0 Å². The highest BCUT2D eigenvalue weighted by molar-refractivity contribution is 5.93. The zero-order valence-corrected chi connectivity index (χ0v) is 20.4. The van der Waals surface area contributed by atoms with Crippen molar-refractivity contribution in [2.24, 2.45) is 13.0 Å². The molecule has 1 aromatic heterocycles. The van der Waals surface area contributed by atoms with Crippen LogP contribution in [0.15, 0.2) is 12.4 Å². The van der Waals surface area contributed by atoms with Gasteiger partial charge in [0, 0.05) is 59.6 Å². The lowest BCUT2D eigenvalue weighted by Crippen LogP contribution is -2.50. The normalized spacial score (nSPS) is 24.0. The number of aliphatic hydroxyl groups is 2. The van der Waals surface area contributed by atoms with Crippen LogP contribution in [0.2, 0.25) is 0 Å². The van der Waals surface area contributed by atoms with Gasteiger partial charge in [0.2, 0.25) is 5.91 Å². The molecule has 0 spiro atoms. The molecule has 1 aliphatic heterocycles. The van der Waals surface area contributed by atoms with Gasteiger partial charge in [-0.05, 0) is 25.2 Å². The minimum Gasteiger partial charge on any atom is -0.388 e. The second-order valence-electron chi connectivity index (χ2n) is 9.09. The molecule has 0 aliphatic carbocycles. The van der Waals surface area contributed by atoms with E-state index in [1.807, 2.05) is 0 Å². The van der Waals surface area contributed by atoms with Crippen LogP contribution >= 0.6 is 0 Å². The number of hydrogen-bond donors (Lipinski definition) is 2. The van der Waals surface area contributed by atoms with Crippen molar-refractivity contribution in [2.75, 3.05) is 46.0 Å². The van der Waals surface area contributed by atoms with Crippen LogP contribution in [-0.4, -0.2) is 106 Å². The molecular formula is C23H40N4O6. The molecule has 33 heavy (non-hydrogen) atoms. The van der Waals surface area contributed by atoms with Crippen molar-refractivity contribution in [3.8, 4) is 0 Å². The van der Waals surface area contributed by atoms with E-state index in [2.05, 4.69) is 18.9 Å². The van der Waals surface area contributed by atoms with E-state index < -0.39 is 18.3 Å². The van der Waals surface area contributed by atoms with Gasteiger partial charge in [0.25, 0.3) is 5.91 Å². The molecule has 0 unspecified atom stereocenters. The van der Waals surface area contributed by atoms with Crippen molar-refractivity contribution in [3.63, 3.8) is 0 Å². The SMILES string of the molecule is CC(=O)N1CCN(C(=O)c2cnn(C)c2)CCCCOC[C@@H](O)[C@@H](O)[C@H](OCCC(C)C)C1. The van der Waals surface area contributed by atoms with E-state index in [4.69, 9.17) is 9.47 Å². The summed E-state index contributed by atoms with van der Waals surface area (Å²) in [6.07, 6.45) is 2.34. The van der Waals surface area contributed by atoms with Crippen molar-refractivity contribution < 1.29 is 29.3 Å². The first kappa shape index (κ1) is 27.2. The van der Waals surface area contributed by atoms with E-state index in [0.717, 1.165) is 6.42 Å². The zero-order chi connectivity index (χ0) is 24.4. The third-order valence-electron chi connectivity index (χ3n) is 5.78. The second kappa shape index (κ2) is 13.6. The molecule has 1 aliphatic rings. The highest BCUT2D eigenvalue weighted by atomic mass is 16.5. The summed E-state index contributed by atoms with van der Waals surface area (Å²) in [5, 5.41) is 25.2. The molecule has 188 valence electrons.